The van der Waals surface area contributed by atoms with Crippen molar-refractivity contribution in [2.75, 3.05) is 13.1 Å². The van der Waals surface area contributed by atoms with Crippen LogP contribution in [0.15, 0.2) is 29.5 Å². The van der Waals surface area contributed by atoms with Gasteiger partial charge in [0, 0.05) is 62.2 Å². The van der Waals surface area contributed by atoms with E-state index in [2.05, 4.69) is 33.4 Å². The Balaban J connectivity index is 1.60. The molecule has 0 radical (unpaired) electrons. The van der Waals surface area contributed by atoms with Gasteiger partial charge in [-0.05, 0) is 18.9 Å². The lowest BCUT2D eigenvalue weighted by atomic mass is 9.94. The maximum atomic E-state index is 12.6. The molecule has 1 atom stereocenters. The van der Waals surface area contributed by atoms with Crippen molar-refractivity contribution in [2.24, 2.45) is 0 Å². The summed E-state index contributed by atoms with van der Waals surface area (Å²) < 4.78 is 2.06. The minimum Gasteiger partial charge on any atom is -0.342 e. The van der Waals surface area contributed by atoms with Crippen LogP contribution < -0.4 is 5.69 Å². The molecule has 0 saturated carbocycles. The average Bonchev–Trinajstić information content (AvgIpc) is 3.09. The van der Waals surface area contributed by atoms with Crippen LogP contribution in [0.25, 0.3) is 0 Å². The van der Waals surface area contributed by atoms with Crippen molar-refractivity contribution < 1.29 is 4.79 Å². The van der Waals surface area contributed by atoms with E-state index in [1.165, 1.54) is 6.20 Å². The first kappa shape index (κ1) is 17.4. The van der Waals surface area contributed by atoms with E-state index in [-0.39, 0.29) is 17.5 Å². The molecule has 0 aliphatic carbocycles. The van der Waals surface area contributed by atoms with Crippen LogP contribution in [0.2, 0.25) is 0 Å². The highest BCUT2D eigenvalue weighted by Crippen LogP contribution is 2.25. The van der Waals surface area contributed by atoms with Gasteiger partial charge in [-0.2, -0.15) is 0 Å². The average molecular weight is 343 g/mol. The van der Waals surface area contributed by atoms with Crippen molar-refractivity contribution in [1.82, 2.24) is 24.4 Å². The number of carbonyl (C=O) groups is 1. The van der Waals surface area contributed by atoms with Crippen molar-refractivity contribution in [3.63, 3.8) is 0 Å². The van der Waals surface area contributed by atoms with Gasteiger partial charge in [-0.25, -0.2) is 14.8 Å². The van der Waals surface area contributed by atoms with Crippen LogP contribution in [-0.4, -0.2) is 43.4 Å². The van der Waals surface area contributed by atoms with Crippen LogP contribution in [-0.2, 0) is 11.3 Å². The number of nitrogens with zero attached hydrogens (tertiary/aromatic N) is 4. The van der Waals surface area contributed by atoms with Gasteiger partial charge in [0.2, 0.25) is 5.91 Å². The topological polar surface area (TPSA) is 83.9 Å². The van der Waals surface area contributed by atoms with Crippen molar-refractivity contribution in [3.05, 3.63) is 46.7 Å². The van der Waals surface area contributed by atoms with Crippen LogP contribution >= 0.6 is 0 Å². The van der Waals surface area contributed by atoms with E-state index in [9.17, 15) is 9.59 Å². The summed E-state index contributed by atoms with van der Waals surface area (Å²) in [6.45, 7) is 6.29. The highest BCUT2D eigenvalue weighted by atomic mass is 16.2. The summed E-state index contributed by atoms with van der Waals surface area (Å²) in [6.07, 6.45) is 7.64. The lowest BCUT2D eigenvalue weighted by Crippen LogP contribution is -2.40. The molecule has 7 heteroatoms. The SMILES string of the molecule is CC(C)c1nccn1CCC(=O)N1CCC[C@@H](c2ccnc(=O)[nH]2)C1. The number of piperidine rings is 1. The van der Waals surface area contributed by atoms with Crippen molar-refractivity contribution in [2.45, 2.75) is 51.5 Å². The summed E-state index contributed by atoms with van der Waals surface area (Å²) in [5.41, 5.74) is 0.538. The van der Waals surface area contributed by atoms with E-state index in [0.717, 1.165) is 30.9 Å². The Morgan fingerprint density at radius 1 is 1.36 bits per heavy atom. The lowest BCUT2D eigenvalue weighted by Gasteiger charge is -2.32. The third-order valence-corrected chi connectivity index (χ3v) is 4.74. The highest BCUT2D eigenvalue weighted by molar-refractivity contribution is 5.76. The number of likely N-dealkylation sites (tertiary alicyclic amines) is 1. The fourth-order valence-electron chi connectivity index (χ4n) is 3.46. The fraction of sp³-hybridized carbons (Fsp3) is 0.556. The Morgan fingerprint density at radius 2 is 2.20 bits per heavy atom. The molecule has 1 N–H and O–H groups in total. The molecule has 3 heterocycles. The summed E-state index contributed by atoms with van der Waals surface area (Å²) in [7, 11) is 0. The molecule has 0 bridgehead atoms. The van der Waals surface area contributed by atoms with Crippen LogP contribution in [0.4, 0.5) is 0 Å². The van der Waals surface area contributed by atoms with Crippen molar-refractivity contribution in [3.8, 4) is 0 Å². The third-order valence-electron chi connectivity index (χ3n) is 4.74. The minimum absolute atomic E-state index is 0.157. The third kappa shape index (κ3) is 4.15. The predicted molar refractivity (Wildman–Crippen MR) is 94.3 cm³/mol. The smallest absolute Gasteiger partial charge is 0.342 e. The molecule has 25 heavy (non-hydrogen) atoms. The molecule has 0 unspecified atom stereocenters. The van der Waals surface area contributed by atoms with Crippen LogP contribution in [0.3, 0.4) is 0 Å². The van der Waals surface area contributed by atoms with Crippen molar-refractivity contribution in [1.29, 1.82) is 0 Å². The molecule has 134 valence electrons. The van der Waals surface area contributed by atoms with E-state index in [1.807, 2.05) is 17.2 Å². The Labute approximate surface area is 147 Å². The Morgan fingerprint density at radius 3 is 2.96 bits per heavy atom. The standard InChI is InChI=1S/C18H25N5O2/c1-13(2)17-19-8-11-22(17)10-6-16(24)23-9-3-4-14(12-23)15-5-7-20-18(25)21-15/h5,7-8,11,13-14H,3-4,6,9-10,12H2,1-2H3,(H,20,21,25)/t14-/m1/s1. The number of rotatable bonds is 5. The number of imidazole rings is 1. The number of hydrogen-bond donors (Lipinski definition) is 1. The summed E-state index contributed by atoms with van der Waals surface area (Å²) in [4.78, 5) is 36.8. The second-order valence-corrected chi connectivity index (χ2v) is 6.89. The molecule has 1 amide bonds. The molecule has 3 rings (SSSR count). The normalized spacial score (nSPS) is 17.9. The zero-order chi connectivity index (χ0) is 17.8. The number of aryl methyl sites for hydroxylation is 1. The summed E-state index contributed by atoms with van der Waals surface area (Å²) in [5, 5.41) is 0. The zero-order valence-corrected chi connectivity index (χ0v) is 14.8. The van der Waals surface area contributed by atoms with E-state index < -0.39 is 0 Å². The van der Waals surface area contributed by atoms with E-state index >= 15 is 0 Å². The van der Waals surface area contributed by atoms with Crippen LogP contribution in [0.1, 0.15) is 56.5 Å². The van der Waals surface area contributed by atoms with Gasteiger partial charge < -0.3 is 14.5 Å². The molecule has 7 nitrogen and oxygen atoms in total. The number of aromatic amines is 1. The summed E-state index contributed by atoms with van der Waals surface area (Å²) in [6, 6.07) is 1.83. The van der Waals surface area contributed by atoms with E-state index in [1.54, 1.807) is 6.20 Å². The molecule has 0 aromatic carbocycles. The number of amides is 1. The molecular formula is C18H25N5O2. The quantitative estimate of drug-likeness (QED) is 0.898. The molecule has 2 aromatic rings. The molecule has 0 spiro atoms. The number of H-pyrrole nitrogens is 1. The highest BCUT2D eigenvalue weighted by Gasteiger charge is 2.25. The maximum absolute atomic E-state index is 12.6. The van der Waals surface area contributed by atoms with Crippen LogP contribution in [0.5, 0.6) is 0 Å². The summed E-state index contributed by atoms with van der Waals surface area (Å²) >= 11 is 0. The summed E-state index contributed by atoms with van der Waals surface area (Å²) in [5.74, 6) is 1.68. The largest absolute Gasteiger partial charge is 0.345 e. The number of aromatic nitrogens is 4. The number of carbonyl (C=O) groups excluding carboxylic acids is 1. The molecule has 2 aromatic heterocycles. The van der Waals surface area contributed by atoms with Gasteiger partial charge in [0.25, 0.3) is 0 Å². The number of hydrogen-bond acceptors (Lipinski definition) is 4. The first-order valence-electron chi connectivity index (χ1n) is 8.88. The Kier molecular flexibility index (Phi) is 5.31. The molecule has 1 fully saturated rings. The second kappa shape index (κ2) is 7.63. The van der Waals surface area contributed by atoms with Crippen molar-refractivity contribution >= 4 is 5.91 Å². The van der Waals surface area contributed by atoms with Gasteiger partial charge in [0.05, 0.1) is 0 Å². The van der Waals surface area contributed by atoms with Gasteiger partial charge in [0.15, 0.2) is 0 Å². The monoisotopic (exact) mass is 343 g/mol. The lowest BCUT2D eigenvalue weighted by molar-refractivity contribution is -0.132. The Hall–Kier alpha value is -2.44. The predicted octanol–water partition coefficient (Wildman–Crippen LogP) is 1.89. The van der Waals surface area contributed by atoms with Gasteiger partial charge in [-0.3, -0.25) is 4.79 Å². The first-order valence-corrected chi connectivity index (χ1v) is 8.88. The van der Waals surface area contributed by atoms with E-state index in [0.29, 0.717) is 25.4 Å². The maximum Gasteiger partial charge on any atom is 0.345 e. The molecule has 1 saturated heterocycles. The van der Waals surface area contributed by atoms with Gasteiger partial charge >= 0.3 is 5.69 Å². The van der Waals surface area contributed by atoms with Gasteiger partial charge in [-0.1, -0.05) is 13.8 Å². The zero-order valence-electron chi connectivity index (χ0n) is 14.8. The minimum atomic E-state index is -0.331. The van der Waals surface area contributed by atoms with E-state index in [4.69, 9.17) is 0 Å². The molecule has 1 aliphatic heterocycles. The van der Waals surface area contributed by atoms with Gasteiger partial charge in [-0.15, -0.1) is 0 Å². The molecule has 1 aliphatic rings. The first-order chi connectivity index (χ1) is 12.0. The van der Waals surface area contributed by atoms with Gasteiger partial charge in [0.1, 0.15) is 5.82 Å². The second-order valence-electron chi connectivity index (χ2n) is 6.89. The fourth-order valence-corrected chi connectivity index (χ4v) is 3.46. The molecular weight excluding hydrogens is 318 g/mol. The van der Waals surface area contributed by atoms with Crippen LogP contribution in [0, 0.1) is 0 Å². The Bertz CT molecular complexity index is 780. The number of nitrogens with one attached hydrogen (secondary N) is 1.